The van der Waals surface area contributed by atoms with Gasteiger partial charge in [0.05, 0.1) is 0 Å². The SMILES string of the molecule is CCC(=O)Cl.CCCC(C)(C)C(C)=O. The summed E-state index contributed by atoms with van der Waals surface area (Å²) in [4.78, 5) is 20.4. The average molecular weight is 221 g/mol. The van der Waals surface area contributed by atoms with Crippen molar-refractivity contribution in [2.45, 2.75) is 53.9 Å². The minimum absolute atomic E-state index is 0.0885. The van der Waals surface area contributed by atoms with Gasteiger partial charge in [-0.25, -0.2) is 0 Å². The molecule has 0 heterocycles. The largest absolute Gasteiger partial charge is 0.299 e. The van der Waals surface area contributed by atoms with Gasteiger partial charge in [-0.2, -0.15) is 0 Å². The summed E-state index contributed by atoms with van der Waals surface area (Å²) in [7, 11) is 0. The maximum Gasteiger partial charge on any atom is 0.221 e. The van der Waals surface area contributed by atoms with Gasteiger partial charge in [0.1, 0.15) is 5.78 Å². The summed E-state index contributed by atoms with van der Waals surface area (Å²) in [6, 6.07) is 0. The Morgan fingerprint density at radius 2 is 1.57 bits per heavy atom. The van der Waals surface area contributed by atoms with Crippen molar-refractivity contribution in [1.29, 1.82) is 0 Å². The van der Waals surface area contributed by atoms with E-state index in [1.165, 1.54) is 0 Å². The standard InChI is InChI=1S/C8H16O.C3H5ClO/c1-5-6-8(3,4)7(2)9;1-2-3(4)5/h5-6H2,1-4H3;2H2,1H3. The van der Waals surface area contributed by atoms with E-state index in [1.54, 1.807) is 13.8 Å². The lowest BCUT2D eigenvalue weighted by atomic mass is 9.84. The molecule has 0 aliphatic heterocycles. The molecule has 0 aromatic rings. The van der Waals surface area contributed by atoms with E-state index in [4.69, 9.17) is 11.6 Å². The fourth-order valence-electron chi connectivity index (χ4n) is 0.801. The maximum atomic E-state index is 10.9. The molecule has 84 valence electrons. The lowest BCUT2D eigenvalue weighted by Gasteiger charge is -2.19. The van der Waals surface area contributed by atoms with Crippen LogP contribution in [0.2, 0.25) is 0 Å². The molecule has 0 bridgehead atoms. The van der Waals surface area contributed by atoms with Gasteiger partial charge in [-0.15, -0.1) is 0 Å². The zero-order chi connectivity index (χ0) is 11.8. The van der Waals surface area contributed by atoms with Gasteiger partial charge >= 0.3 is 0 Å². The Hall–Kier alpha value is -0.370. The molecule has 0 unspecified atom stereocenters. The molecule has 2 nitrogen and oxygen atoms in total. The second kappa shape index (κ2) is 7.98. The quantitative estimate of drug-likeness (QED) is 0.679. The second-order valence-electron chi connectivity index (χ2n) is 3.90. The first-order chi connectivity index (χ1) is 6.27. The van der Waals surface area contributed by atoms with Crippen LogP contribution in [-0.4, -0.2) is 11.0 Å². The van der Waals surface area contributed by atoms with Crippen LogP contribution in [0.15, 0.2) is 0 Å². The number of halogens is 1. The van der Waals surface area contributed by atoms with Crippen LogP contribution in [0, 0.1) is 5.41 Å². The number of Topliss-reactive ketones (excluding diaryl/α,β-unsaturated/α-hetero) is 1. The zero-order valence-corrected chi connectivity index (χ0v) is 10.6. The Balaban J connectivity index is 0. The molecular weight excluding hydrogens is 200 g/mol. The van der Waals surface area contributed by atoms with Crippen molar-refractivity contribution >= 4 is 22.6 Å². The van der Waals surface area contributed by atoms with Crippen LogP contribution in [0.25, 0.3) is 0 Å². The van der Waals surface area contributed by atoms with Gasteiger partial charge in [0.2, 0.25) is 5.24 Å². The van der Waals surface area contributed by atoms with Crippen molar-refractivity contribution in [3.05, 3.63) is 0 Å². The van der Waals surface area contributed by atoms with E-state index in [-0.39, 0.29) is 10.7 Å². The molecule has 0 saturated carbocycles. The fourth-order valence-corrected chi connectivity index (χ4v) is 0.801. The highest BCUT2D eigenvalue weighted by Gasteiger charge is 2.21. The normalized spacial score (nSPS) is 10.1. The molecule has 0 N–H and O–H groups in total. The molecule has 0 spiro atoms. The summed E-state index contributed by atoms with van der Waals surface area (Å²) >= 11 is 4.82. The lowest BCUT2D eigenvalue weighted by Crippen LogP contribution is -2.20. The van der Waals surface area contributed by atoms with Gasteiger partial charge < -0.3 is 0 Å². The number of carbonyl (C=O) groups excluding carboxylic acids is 2. The third-order valence-corrected chi connectivity index (χ3v) is 2.37. The topological polar surface area (TPSA) is 34.1 Å². The Labute approximate surface area is 92.0 Å². The van der Waals surface area contributed by atoms with Gasteiger partial charge in [0.25, 0.3) is 0 Å². The molecule has 0 aliphatic rings. The third-order valence-electron chi connectivity index (χ3n) is 2.11. The highest BCUT2D eigenvalue weighted by atomic mass is 35.5. The lowest BCUT2D eigenvalue weighted by molar-refractivity contribution is -0.125. The summed E-state index contributed by atoms with van der Waals surface area (Å²) < 4.78 is 0. The molecule has 0 aromatic carbocycles. The Kier molecular flexibility index (Phi) is 9.16. The van der Waals surface area contributed by atoms with Gasteiger partial charge in [0.15, 0.2) is 0 Å². The molecule has 0 atom stereocenters. The van der Waals surface area contributed by atoms with Crippen LogP contribution in [0.1, 0.15) is 53.9 Å². The molecule has 14 heavy (non-hydrogen) atoms. The zero-order valence-electron chi connectivity index (χ0n) is 9.82. The highest BCUT2D eigenvalue weighted by molar-refractivity contribution is 6.63. The number of ketones is 1. The van der Waals surface area contributed by atoms with Gasteiger partial charge in [-0.05, 0) is 24.9 Å². The van der Waals surface area contributed by atoms with Crippen LogP contribution >= 0.6 is 11.6 Å². The smallest absolute Gasteiger partial charge is 0.221 e. The van der Waals surface area contributed by atoms with Crippen molar-refractivity contribution in [3.8, 4) is 0 Å². The van der Waals surface area contributed by atoms with E-state index < -0.39 is 0 Å². The summed E-state index contributed by atoms with van der Waals surface area (Å²) in [5.41, 5.74) is -0.0885. The minimum atomic E-state index is -0.273. The van der Waals surface area contributed by atoms with Gasteiger partial charge in [-0.1, -0.05) is 34.1 Å². The summed E-state index contributed by atoms with van der Waals surface area (Å²) in [5.74, 6) is 0.296. The molecule has 0 radical (unpaired) electrons. The van der Waals surface area contributed by atoms with Crippen LogP contribution < -0.4 is 0 Å². The first kappa shape index (κ1) is 16.1. The van der Waals surface area contributed by atoms with E-state index in [2.05, 4.69) is 6.92 Å². The third kappa shape index (κ3) is 9.72. The highest BCUT2D eigenvalue weighted by Crippen LogP contribution is 2.22. The second-order valence-corrected chi connectivity index (χ2v) is 4.32. The molecule has 0 aliphatic carbocycles. The van der Waals surface area contributed by atoms with Crippen molar-refractivity contribution in [1.82, 2.24) is 0 Å². The van der Waals surface area contributed by atoms with Crippen LogP contribution in [0.4, 0.5) is 0 Å². The first-order valence-electron chi connectivity index (χ1n) is 4.97. The van der Waals surface area contributed by atoms with Crippen LogP contribution in [0.5, 0.6) is 0 Å². The monoisotopic (exact) mass is 220 g/mol. The van der Waals surface area contributed by atoms with Crippen LogP contribution in [0.3, 0.4) is 0 Å². The molecule has 0 aromatic heterocycles. The van der Waals surface area contributed by atoms with Crippen molar-refractivity contribution < 1.29 is 9.59 Å². The Bertz CT molecular complexity index is 186. The van der Waals surface area contributed by atoms with E-state index in [9.17, 15) is 9.59 Å². The number of carbonyl (C=O) groups is 2. The van der Waals surface area contributed by atoms with E-state index in [1.807, 2.05) is 13.8 Å². The van der Waals surface area contributed by atoms with E-state index >= 15 is 0 Å². The van der Waals surface area contributed by atoms with Gasteiger partial charge in [0, 0.05) is 11.8 Å². The predicted molar refractivity (Wildman–Crippen MR) is 60.5 cm³/mol. The van der Waals surface area contributed by atoms with Crippen molar-refractivity contribution in [2.75, 3.05) is 0 Å². The molecule has 0 saturated heterocycles. The number of hydrogen-bond acceptors (Lipinski definition) is 2. The van der Waals surface area contributed by atoms with E-state index in [0.717, 1.165) is 12.8 Å². The molecular formula is C11H21ClO2. The Morgan fingerprint density at radius 1 is 1.21 bits per heavy atom. The van der Waals surface area contributed by atoms with Crippen molar-refractivity contribution in [2.24, 2.45) is 5.41 Å². The van der Waals surface area contributed by atoms with Crippen LogP contribution in [-0.2, 0) is 9.59 Å². The number of hydrogen-bond donors (Lipinski definition) is 0. The minimum Gasteiger partial charge on any atom is -0.299 e. The molecule has 0 amide bonds. The van der Waals surface area contributed by atoms with E-state index in [0.29, 0.717) is 12.2 Å². The molecule has 3 heteroatoms. The van der Waals surface area contributed by atoms with Crippen molar-refractivity contribution in [3.63, 3.8) is 0 Å². The molecule has 0 rings (SSSR count). The number of rotatable bonds is 4. The fraction of sp³-hybridized carbons (Fsp3) is 0.818. The first-order valence-corrected chi connectivity index (χ1v) is 5.35. The maximum absolute atomic E-state index is 10.9. The summed E-state index contributed by atoms with van der Waals surface area (Å²) in [6.45, 7) is 9.48. The average Bonchev–Trinajstić information content (AvgIpc) is 2.05. The Morgan fingerprint density at radius 3 is 1.64 bits per heavy atom. The summed E-state index contributed by atoms with van der Waals surface area (Å²) in [6.07, 6.45) is 2.52. The predicted octanol–water partition coefficient (Wildman–Crippen LogP) is 3.56. The summed E-state index contributed by atoms with van der Waals surface area (Å²) in [5, 5.41) is -0.273. The van der Waals surface area contributed by atoms with Gasteiger partial charge in [-0.3, -0.25) is 9.59 Å². The molecule has 0 fully saturated rings.